The van der Waals surface area contributed by atoms with E-state index in [9.17, 15) is 0 Å². The summed E-state index contributed by atoms with van der Waals surface area (Å²) in [5, 5.41) is 1.26. The van der Waals surface area contributed by atoms with Crippen molar-refractivity contribution >= 4 is 22.6 Å². The van der Waals surface area contributed by atoms with Gasteiger partial charge in [-0.25, -0.2) is 0 Å². The van der Waals surface area contributed by atoms with Crippen molar-refractivity contribution in [1.29, 1.82) is 0 Å². The molecule has 0 fully saturated rings. The van der Waals surface area contributed by atoms with Gasteiger partial charge in [-0.3, -0.25) is 0 Å². The zero-order valence-electron chi connectivity index (χ0n) is 13.9. The van der Waals surface area contributed by atoms with E-state index in [0.717, 1.165) is 5.75 Å². The van der Waals surface area contributed by atoms with Gasteiger partial charge in [0.1, 0.15) is 5.75 Å². The van der Waals surface area contributed by atoms with Gasteiger partial charge < -0.3 is 9.30 Å². The van der Waals surface area contributed by atoms with Crippen LogP contribution in [0.2, 0.25) is 0 Å². The molecule has 120 valence electrons. The van der Waals surface area contributed by atoms with Crippen LogP contribution >= 0.6 is 0 Å². The third-order valence-corrected chi connectivity index (χ3v) is 4.90. The van der Waals surface area contributed by atoms with Gasteiger partial charge in [-0.2, -0.15) is 0 Å². The molecule has 2 heterocycles. The normalized spacial score (nSPS) is 12.4. The monoisotopic (exact) mass is 323 g/mol. The molecular weight excluding hydrogens is 306 g/mol. The lowest BCUT2D eigenvalue weighted by molar-refractivity contribution is 0.415. The van der Waals surface area contributed by atoms with E-state index in [1.807, 2.05) is 12.1 Å². The van der Waals surface area contributed by atoms with Crippen LogP contribution < -0.4 is 4.74 Å². The summed E-state index contributed by atoms with van der Waals surface area (Å²) < 4.78 is 7.61. The molecule has 0 radical (unpaired) electrons. The molecule has 0 saturated heterocycles. The fraction of sp³-hybridized carbons (Fsp3) is 0.0435. The van der Waals surface area contributed by atoms with Crippen LogP contribution in [-0.2, 0) is 0 Å². The predicted octanol–water partition coefficient (Wildman–Crippen LogP) is 5.54. The van der Waals surface area contributed by atoms with Gasteiger partial charge in [-0.15, -0.1) is 0 Å². The second-order valence-electron chi connectivity index (χ2n) is 6.27. The molecule has 25 heavy (non-hydrogen) atoms. The minimum atomic E-state index is 0.875. The maximum atomic E-state index is 5.32. The van der Waals surface area contributed by atoms with Crippen LogP contribution in [0.15, 0.2) is 79.0 Å². The average molecular weight is 323 g/mol. The first-order chi connectivity index (χ1) is 12.3. The van der Waals surface area contributed by atoms with Crippen molar-refractivity contribution in [2.45, 2.75) is 0 Å². The molecule has 0 atom stereocenters. The van der Waals surface area contributed by atoms with Crippen LogP contribution in [0.3, 0.4) is 0 Å². The van der Waals surface area contributed by atoms with E-state index in [1.54, 1.807) is 7.11 Å². The van der Waals surface area contributed by atoms with Crippen LogP contribution in [0, 0.1) is 0 Å². The summed E-state index contributed by atoms with van der Waals surface area (Å²) in [6.07, 6.45) is 4.46. The summed E-state index contributed by atoms with van der Waals surface area (Å²) in [5.74, 6) is 0.875. The molecule has 3 aromatic carbocycles. The molecule has 2 nitrogen and oxygen atoms in total. The van der Waals surface area contributed by atoms with Crippen molar-refractivity contribution in [3.63, 3.8) is 0 Å². The number of rotatable bonds is 2. The Kier molecular flexibility index (Phi) is 3.04. The summed E-state index contributed by atoms with van der Waals surface area (Å²) in [5.41, 5.74) is 7.38. The van der Waals surface area contributed by atoms with Gasteiger partial charge in [-0.05, 0) is 47.0 Å². The van der Waals surface area contributed by atoms with Gasteiger partial charge in [0.25, 0.3) is 0 Å². The molecule has 1 aromatic heterocycles. The van der Waals surface area contributed by atoms with Crippen molar-refractivity contribution < 1.29 is 4.74 Å². The van der Waals surface area contributed by atoms with Crippen molar-refractivity contribution in [3.05, 3.63) is 95.7 Å². The first-order valence-corrected chi connectivity index (χ1v) is 8.41. The van der Waals surface area contributed by atoms with E-state index >= 15 is 0 Å². The molecule has 0 unspecified atom stereocenters. The molecule has 0 saturated carbocycles. The van der Waals surface area contributed by atoms with E-state index in [0.29, 0.717) is 0 Å². The summed E-state index contributed by atoms with van der Waals surface area (Å²) in [4.78, 5) is 0. The summed E-state index contributed by atoms with van der Waals surface area (Å²) >= 11 is 0. The molecule has 1 aliphatic heterocycles. The molecule has 4 aromatic rings. The van der Waals surface area contributed by atoms with Crippen LogP contribution in [0.4, 0.5) is 0 Å². The molecule has 0 amide bonds. The molecule has 0 bridgehead atoms. The number of benzene rings is 3. The van der Waals surface area contributed by atoms with Crippen LogP contribution in [0.1, 0.15) is 16.7 Å². The van der Waals surface area contributed by atoms with Crippen LogP contribution in [-0.4, -0.2) is 11.7 Å². The first-order valence-electron chi connectivity index (χ1n) is 8.41. The summed E-state index contributed by atoms with van der Waals surface area (Å²) in [6.45, 7) is 0. The van der Waals surface area contributed by atoms with Crippen LogP contribution in [0.5, 0.6) is 5.75 Å². The highest BCUT2D eigenvalue weighted by Gasteiger charge is 2.18. The largest absolute Gasteiger partial charge is 0.497 e. The number of hydrogen-bond donors (Lipinski definition) is 0. The average Bonchev–Trinajstić information content (AvgIpc) is 3.04. The number of para-hydroxylation sites is 2. The Bertz CT molecular complexity index is 1120. The molecule has 1 aliphatic rings. The van der Waals surface area contributed by atoms with E-state index in [4.69, 9.17) is 4.74 Å². The number of hydrogen-bond acceptors (Lipinski definition) is 1. The number of aromatic nitrogens is 1. The fourth-order valence-electron chi connectivity index (χ4n) is 3.68. The van der Waals surface area contributed by atoms with E-state index in [2.05, 4.69) is 77.5 Å². The molecule has 0 N–H and O–H groups in total. The Balaban J connectivity index is 1.85. The number of ether oxygens (including phenoxy) is 1. The highest BCUT2D eigenvalue weighted by Crippen LogP contribution is 2.38. The Morgan fingerprint density at radius 1 is 0.800 bits per heavy atom. The number of fused-ring (bicyclic) bond motifs is 2. The van der Waals surface area contributed by atoms with Crippen molar-refractivity contribution in [2.75, 3.05) is 7.11 Å². The van der Waals surface area contributed by atoms with Crippen molar-refractivity contribution in [2.24, 2.45) is 0 Å². The maximum Gasteiger partial charge on any atom is 0.118 e. The van der Waals surface area contributed by atoms with Crippen LogP contribution in [0.25, 0.3) is 28.2 Å². The molecule has 2 heteroatoms. The fourth-order valence-corrected chi connectivity index (χ4v) is 3.68. The minimum absolute atomic E-state index is 0.875. The maximum absolute atomic E-state index is 5.32. The standard InChI is InChI=1S/C23H17NO/c1-25-19-11-9-16(10-12-19)21-15-18-5-2-3-8-22(18)24-14-13-17-6-4-7-20(21)23(17)24/h2-15H,1H3. The second-order valence-corrected chi connectivity index (χ2v) is 6.27. The van der Waals surface area contributed by atoms with Gasteiger partial charge in [0.2, 0.25) is 0 Å². The number of methoxy groups -OCH3 is 1. The topological polar surface area (TPSA) is 14.2 Å². The lowest BCUT2D eigenvalue weighted by Gasteiger charge is -2.10. The lowest BCUT2D eigenvalue weighted by Crippen LogP contribution is -1.94. The third kappa shape index (κ3) is 2.11. The molecular formula is C23H17NO. The minimum Gasteiger partial charge on any atom is -0.497 e. The third-order valence-electron chi connectivity index (χ3n) is 4.90. The Morgan fingerprint density at radius 3 is 2.48 bits per heavy atom. The zero-order valence-corrected chi connectivity index (χ0v) is 13.9. The highest BCUT2D eigenvalue weighted by molar-refractivity contribution is 6.04. The molecule has 0 spiro atoms. The highest BCUT2D eigenvalue weighted by atomic mass is 16.5. The molecule has 0 aliphatic carbocycles. The predicted molar refractivity (Wildman–Crippen MR) is 103 cm³/mol. The smallest absolute Gasteiger partial charge is 0.118 e. The SMILES string of the molecule is COc1ccc(C2=Cc3ccccc3-n3ccc4cccc2c43)cc1. The van der Waals surface area contributed by atoms with Gasteiger partial charge in [-0.1, -0.05) is 48.5 Å². The van der Waals surface area contributed by atoms with Gasteiger partial charge in [0.05, 0.1) is 18.3 Å². The Morgan fingerprint density at radius 2 is 1.64 bits per heavy atom. The summed E-state index contributed by atoms with van der Waals surface area (Å²) in [7, 11) is 1.70. The number of nitrogens with zero attached hydrogens (tertiary/aromatic N) is 1. The molecule has 5 rings (SSSR count). The van der Waals surface area contributed by atoms with E-state index in [1.165, 1.54) is 38.9 Å². The Hall–Kier alpha value is -3.26. The Labute approximate surface area is 146 Å². The van der Waals surface area contributed by atoms with E-state index < -0.39 is 0 Å². The van der Waals surface area contributed by atoms with Crippen molar-refractivity contribution in [1.82, 2.24) is 4.57 Å². The second kappa shape index (κ2) is 5.38. The summed E-state index contributed by atoms with van der Waals surface area (Å²) in [6, 6.07) is 25.6. The van der Waals surface area contributed by atoms with Gasteiger partial charge in [0.15, 0.2) is 0 Å². The van der Waals surface area contributed by atoms with Gasteiger partial charge >= 0.3 is 0 Å². The van der Waals surface area contributed by atoms with Crippen molar-refractivity contribution in [3.8, 4) is 11.4 Å². The quantitative estimate of drug-likeness (QED) is 0.416. The van der Waals surface area contributed by atoms with Gasteiger partial charge in [0, 0.05) is 17.1 Å². The first kappa shape index (κ1) is 14.1. The lowest BCUT2D eigenvalue weighted by atomic mass is 9.95. The van der Waals surface area contributed by atoms with E-state index in [-0.39, 0.29) is 0 Å². The zero-order chi connectivity index (χ0) is 16.8.